The number of aliphatic hydroxyl groups excluding tert-OH is 1. The van der Waals surface area contributed by atoms with Crippen LogP contribution in [0.1, 0.15) is 37.3 Å². The molecule has 160 valence electrons. The third kappa shape index (κ3) is 3.89. The molecule has 0 bridgehead atoms. The maximum atomic E-state index is 12.8. The van der Waals surface area contributed by atoms with Crippen LogP contribution in [0.5, 0.6) is 11.5 Å². The SMILES string of the molecule is O=c1cc(N2CCC(O)CC2)cnn1C1CCCN(Cc2cccc3c2OCO3)C1. The number of aromatic nitrogens is 2. The van der Waals surface area contributed by atoms with Crippen molar-refractivity contribution in [2.45, 2.75) is 44.4 Å². The number of piperidine rings is 2. The zero-order chi connectivity index (χ0) is 20.5. The van der Waals surface area contributed by atoms with Gasteiger partial charge in [0.25, 0.3) is 5.56 Å². The largest absolute Gasteiger partial charge is 0.454 e. The highest BCUT2D eigenvalue weighted by molar-refractivity contribution is 5.48. The van der Waals surface area contributed by atoms with E-state index < -0.39 is 0 Å². The summed E-state index contributed by atoms with van der Waals surface area (Å²) < 4.78 is 12.8. The number of aliphatic hydroxyl groups is 1. The predicted molar refractivity (Wildman–Crippen MR) is 112 cm³/mol. The fraction of sp³-hybridized carbons (Fsp3) is 0.545. The number of ether oxygens (including phenoxy) is 2. The van der Waals surface area contributed by atoms with Gasteiger partial charge in [-0.1, -0.05) is 12.1 Å². The van der Waals surface area contributed by atoms with E-state index in [1.807, 2.05) is 12.1 Å². The minimum atomic E-state index is -0.231. The number of likely N-dealkylation sites (tertiary alicyclic amines) is 1. The molecule has 3 aliphatic heterocycles. The van der Waals surface area contributed by atoms with E-state index in [0.717, 1.165) is 81.2 Å². The molecule has 0 amide bonds. The summed E-state index contributed by atoms with van der Waals surface area (Å²) in [5, 5.41) is 14.2. The van der Waals surface area contributed by atoms with Gasteiger partial charge < -0.3 is 19.5 Å². The Morgan fingerprint density at radius 3 is 2.83 bits per heavy atom. The van der Waals surface area contributed by atoms with Gasteiger partial charge in [0.2, 0.25) is 6.79 Å². The Bertz CT molecular complexity index is 954. The lowest BCUT2D eigenvalue weighted by Gasteiger charge is -2.34. The second kappa shape index (κ2) is 8.28. The Hall–Kier alpha value is -2.58. The topological polar surface area (TPSA) is 80.1 Å². The lowest BCUT2D eigenvalue weighted by atomic mass is 10.0. The van der Waals surface area contributed by atoms with Crippen LogP contribution in [0.2, 0.25) is 0 Å². The van der Waals surface area contributed by atoms with E-state index in [0.29, 0.717) is 0 Å². The van der Waals surface area contributed by atoms with Gasteiger partial charge in [0, 0.05) is 37.8 Å². The molecule has 8 heteroatoms. The number of fused-ring (bicyclic) bond motifs is 1. The van der Waals surface area contributed by atoms with Gasteiger partial charge in [-0.3, -0.25) is 9.69 Å². The molecule has 8 nitrogen and oxygen atoms in total. The number of para-hydroxylation sites is 1. The number of nitrogens with zero attached hydrogens (tertiary/aromatic N) is 4. The summed E-state index contributed by atoms with van der Waals surface area (Å²) in [6.45, 7) is 4.34. The molecule has 5 rings (SSSR count). The van der Waals surface area contributed by atoms with Crippen molar-refractivity contribution in [1.82, 2.24) is 14.7 Å². The van der Waals surface area contributed by atoms with E-state index in [1.54, 1.807) is 16.9 Å². The average Bonchev–Trinajstić information content (AvgIpc) is 3.24. The summed E-state index contributed by atoms with van der Waals surface area (Å²) in [7, 11) is 0. The van der Waals surface area contributed by atoms with E-state index in [4.69, 9.17) is 9.47 Å². The number of hydrogen-bond acceptors (Lipinski definition) is 7. The maximum Gasteiger partial charge on any atom is 0.269 e. The molecular formula is C22H28N4O4. The first-order valence-electron chi connectivity index (χ1n) is 10.8. The lowest BCUT2D eigenvalue weighted by Crippen LogP contribution is -2.41. The summed E-state index contributed by atoms with van der Waals surface area (Å²) in [6.07, 6.45) is 5.01. The van der Waals surface area contributed by atoms with E-state index >= 15 is 0 Å². The first-order valence-corrected chi connectivity index (χ1v) is 10.8. The normalized spacial score (nSPS) is 22.4. The summed E-state index contributed by atoms with van der Waals surface area (Å²) >= 11 is 0. The van der Waals surface area contributed by atoms with Gasteiger partial charge in [-0.2, -0.15) is 5.10 Å². The molecular weight excluding hydrogens is 384 g/mol. The second-order valence-corrected chi connectivity index (χ2v) is 8.40. The first-order chi connectivity index (χ1) is 14.7. The van der Waals surface area contributed by atoms with Gasteiger partial charge in [0.1, 0.15) is 0 Å². The van der Waals surface area contributed by atoms with Gasteiger partial charge in [0.05, 0.1) is 24.0 Å². The molecule has 1 aromatic carbocycles. The highest BCUT2D eigenvalue weighted by atomic mass is 16.7. The van der Waals surface area contributed by atoms with Crippen LogP contribution in [-0.2, 0) is 6.54 Å². The lowest BCUT2D eigenvalue weighted by molar-refractivity contribution is 0.145. The van der Waals surface area contributed by atoms with Crippen molar-refractivity contribution in [2.24, 2.45) is 0 Å². The molecule has 30 heavy (non-hydrogen) atoms. The monoisotopic (exact) mass is 412 g/mol. The zero-order valence-corrected chi connectivity index (χ0v) is 17.1. The maximum absolute atomic E-state index is 12.8. The van der Waals surface area contributed by atoms with Crippen LogP contribution in [0.15, 0.2) is 35.3 Å². The zero-order valence-electron chi connectivity index (χ0n) is 17.1. The number of hydrogen-bond donors (Lipinski definition) is 1. The molecule has 0 radical (unpaired) electrons. The standard InChI is InChI=1S/C22H28N4O4/c27-19-6-9-25(10-7-19)18-11-21(28)26(23-12-18)17-4-2-8-24(14-17)13-16-3-1-5-20-22(16)30-15-29-20/h1,3,5,11-12,17,19,27H,2,4,6-10,13-15H2. The van der Waals surface area contributed by atoms with E-state index in [9.17, 15) is 9.90 Å². The highest BCUT2D eigenvalue weighted by Gasteiger charge is 2.26. The number of rotatable bonds is 4. The molecule has 2 saturated heterocycles. The Kier molecular flexibility index (Phi) is 5.35. The first kappa shape index (κ1) is 19.4. The summed E-state index contributed by atoms with van der Waals surface area (Å²) in [4.78, 5) is 17.3. The van der Waals surface area contributed by atoms with Crippen LogP contribution in [-0.4, -0.2) is 58.9 Å². The minimum Gasteiger partial charge on any atom is -0.454 e. The number of anilines is 1. The van der Waals surface area contributed by atoms with Crippen LogP contribution in [0.25, 0.3) is 0 Å². The van der Waals surface area contributed by atoms with Gasteiger partial charge in [0.15, 0.2) is 11.5 Å². The van der Waals surface area contributed by atoms with Crippen LogP contribution in [0.3, 0.4) is 0 Å². The summed E-state index contributed by atoms with van der Waals surface area (Å²) in [5.74, 6) is 1.64. The van der Waals surface area contributed by atoms with E-state index in [1.165, 1.54) is 0 Å². The Balaban J connectivity index is 1.28. The van der Waals surface area contributed by atoms with Crippen LogP contribution < -0.4 is 19.9 Å². The van der Waals surface area contributed by atoms with Crippen molar-refractivity contribution in [3.63, 3.8) is 0 Å². The fourth-order valence-electron chi connectivity index (χ4n) is 4.71. The predicted octanol–water partition coefficient (Wildman–Crippen LogP) is 1.77. The average molecular weight is 412 g/mol. The summed E-state index contributed by atoms with van der Waals surface area (Å²) in [5.41, 5.74) is 1.92. The Labute approximate surface area is 175 Å². The third-order valence-corrected chi connectivity index (χ3v) is 6.34. The summed E-state index contributed by atoms with van der Waals surface area (Å²) in [6, 6.07) is 7.76. The third-order valence-electron chi connectivity index (χ3n) is 6.34. The van der Waals surface area contributed by atoms with Crippen LogP contribution in [0.4, 0.5) is 5.69 Å². The smallest absolute Gasteiger partial charge is 0.269 e. The molecule has 1 N–H and O–H groups in total. The quantitative estimate of drug-likeness (QED) is 0.820. The molecule has 2 aromatic rings. The van der Waals surface area contributed by atoms with Crippen molar-refractivity contribution in [2.75, 3.05) is 37.9 Å². The molecule has 1 unspecified atom stereocenters. The fourth-order valence-corrected chi connectivity index (χ4v) is 4.71. The van der Waals surface area contributed by atoms with Gasteiger partial charge in [-0.15, -0.1) is 0 Å². The van der Waals surface area contributed by atoms with E-state index in [2.05, 4.69) is 21.0 Å². The molecule has 0 saturated carbocycles. The Morgan fingerprint density at radius 1 is 1.13 bits per heavy atom. The molecule has 0 spiro atoms. The van der Waals surface area contributed by atoms with Crippen LogP contribution in [0, 0.1) is 0 Å². The molecule has 1 atom stereocenters. The van der Waals surface area contributed by atoms with Crippen molar-refractivity contribution < 1.29 is 14.6 Å². The van der Waals surface area contributed by atoms with Crippen molar-refractivity contribution in [3.05, 3.63) is 46.4 Å². The number of benzene rings is 1. The molecule has 2 fully saturated rings. The van der Waals surface area contributed by atoms with Crippen molar-refractivity contribution >= 4 is 5.69 Å². The molecule has 0 aliphatic carbocycles. The van der Waals surface area contributed by atoms with Gasteiger partial charge >= 0.3 is 0 Å². The Morgan fingerprint density at radius 2 is 2.00 bits per heavy atom. The van der Waals surface area contributed by atoms with Gasteiger partial charge in [-0.25, -0.2) is 4.68 Å². The highest BCUT2D eigenvalue weighted by Crippen LogP contribution is 2.36. The molecule has 1 aromatic heterocycles. The second-order valence-electron chi connectivity index (χ2n) is 8.40. The van der Waals surface area contributed by atoms with Crippen molar-refractivity contribution in [1.29, 1.82) is 0 Å². The minimum absolute atomic E-state index is 0.0530. The van der Waals surface area contributed by atoms with Gasteiger partial charge in [-0.05, 0) is 38.3 Å². The van der Waals surface area contributed by atoms with Crippen molar-refractivity contribution in [3.8, 4) is 11.5 Å². The van der Waals surface area contributed by atoms with Crippen LogP contribution >= 0.6 is 0 Å². The molecule has 3 aliphatic rings. The molecule has 4 heterocycles. The van der Waals surface area contributed by atoms with E-state index in [-0.39, 0.29) is 24.5 Å².